The molecular weight excluding hydrogens is 232 g/mol. The van der Waals surface area contributed by atoms with Gasteiger partial charge in [0.15, 0.2) is 0 Å². The smallest absolute Gasteiger partial charge is 0.316 e. The van der Waals surface area contributed by atoms with E-state index in [1.165, 1.54) is 0 Å². The van der Waals surface area contributed by atoms with E-state index in [4.69, 9.17) is 10.3 Å². The van der Waals surface area contributed by atoms with E-state index in [0.717, 1.165) is 11.1 Å². The Labute approximate surface area is 104 Å². The molecule has 0 atom stereocenters. The van der Waals surface area contributed by atoms with Gasteiger partial charge in [-0.25, -0.2) is 0 Å². The summed E-state index contributed by atoms with van der Waals surface area (Å²) >= 11 is 0. The van der Waals surface area contributed by atoms with Gasteiger partial charge in [0.25, 0.3) is 0 Å². The number of aryl methyl sites for hydroxylation is 1. The van der Waals surface area contributed by atoms with E-state index in [1.807, 2.05) is 31.2 Å². The van der Waals surface area contributed by atoms with E-state index in [9.17, 15) is 4.79 Å². The first kappa shape index (κ1) is 12.3. The predicted octanol–water partition coefficient (Wildman–Crippen LogP) is 0.734. The number of nitrogens with one attached hydrogen (secondary N) is 1. The Hall–Kier alpha value is -2.21. The average Bonchev–Trinajstić information content (AvgIpc) is 2.85. The fraction of sp³-hybridized carbons (Fsp3) is 0.250. The van der Waals surface area contributed by atoms with Gasteiger partial charge in [-0.2, -0.15) is 4.98 Å². The number of nitrogens with zero attached hydrogens (tertiary/aromatic N) is 2. The third-order valence-corrected chi connectivity index (χ3v) is 2.33. The molecule has 3 N–H and O–H groups in total. The van der Waals surface area contributed by atoms with Crippen LogP contribution in [0.4, 0.5) is 0 Å². The van der Waals surface area contributed by atoms with Crippen molar-refractivity contribution in [3.05, 3.63) is 35.7 Å². The van der Waals surface area contributed by atoms with Crippen molar-refractivity contribution >= 4 is 5.91 Å². The second-order valence-corrected chi connectivity index (χ2v) is 3.84. The van der Waals surface area contributed by atoms with Crippen LogP contribution in [0.15, 0.2) is 28.8 Å². The zero-order chi connectivity index (χ0) is 13.0. The van der Waals surface area contributed by atoms with Gasteiger partial charge in [-0.3, -0.25) is 4.79 Å². The second kappa shape index (κ2) is 5.42. The van der Waals surface area contributed by atoms with Crippen LogP contribution in [0.5, 0.6) is 0 Å². The summed E-state index contributed by atoms with van der Waals surface area (Å²) < 4.78 is 4.90. The number of hydrogen-bond donors (Lipinski definition) is 2. The van der Waals surface area contributed by atoms with Gasteiger partial charge in [0.1, 0.15) is 0 Å². The summed E-state index contributed by atoms with van der Waals surface area (Å²) in [4.78, 5) is 15.6. The summed E-state index contributed by atoms with van der Waals surface area (Å²) in [5.41, 5.74) is 7.19. The summed E-state index contributed by atoms with van der Waals surface area (Å²) in [6, 6.07) is 7.65. The van der Waals surface area contributed by atoms with Crippen molar-refractivity contribution in [3.8, 4) is 11.4 Å². The fourth-order valence-electron chi connectivity index (χ4n) is 1.48. The molecule has 1 aromatic carbocycles. The number of rotatable bonds is 4. The Kier molecular flexibility index (Phi) is 3.69. The standard InChI is InChI=1S/C12H14N4O2/c1-8-3-2-4-9(7-8)10-15-12(18-16-10)11(17)14-6-5-13/h2-4,7H,5-6,13H2,1H3,(H,14,17). The molecule has 0 unspecified atom stereocenters. The normalized spacial score (nSPS) is 10.3. The van der Waals surface area contributed by atoms with E-state index in [-0.39, 0.29) is 5.89 Å². The fourth-order valence-corrected chi connectivity index (χ4v) is 1.48. The molecule has 0 spiro atoms. The monoisotopic (exact) mass is 246 g/mol. The molecule has 94 valence electrons. The Morgan fingerprint density at radius 3 is 3.06 bits per heavy atom. The van der Waals surface area contributed by atoms with E-state index in [1.54, 1.807) is 0 Å². The molecule has 1 amide bonds. The topological polar surface area (TPSA) is 94.0 Å². The molecule has 0 saturated heterocycles. The first-order valence-electron chi connectivity index (χ1n) is 5.59. The van der Waals surface area contributed by atoms with E-state index in [0.29, 0.717) is 18.9 Å². The van der Waals surface area contributed by atoms with Crippen molar-refractivity contribution in [1.82, 2.24) is 15.5 Å². The maximum absolute atomic E-state index is 11.6. The highest BCUT2D eigenvalue weighted by Crippen LogP contribution is 2.16. The maximum Gasteiger partial charge on any atom is 0.316 e. The molecule has 2 rings (SSSR count). The lowest BCUT2D eigenvalue weighted by Gasteiger charge is -1.97. The highest BCUT2D eigenvalue weighted by atomic mass is 16.5. The number of nitrogens with two attached hydrogens (primary N) is 1. The molecule has 6 nitrogen and oxygen atoms in total. The van der Waals surface area contributed by atoms with Gasteiger partial charge in [-0.1, -0.05) is 28.9 Å². The van der Waals surface area contributed by atoms with Crippen LogP contribution in [-0.2, 0) is 0 Å². The van der Waals surface area contributed by atoms with Gasteiger partial charge in [0.2, 0.25) is 5.82 Å². The minimum atomic E-state index is -0.410. The summed E-state index contributed by atoms with van der Waals surface area (Å²) in [5, 5.41) is 6.34. The van der Waals surface area contributed by atoms with Crippen LogP contribution in [0.3, 0.4) is 0 Å². The minimum Gasteiger partial charge on any atom is -0.347 e. The molecule has 6 heteroatoms. The highest BCUT2D eigenvalue weighted by molar-refractivity contribution is 5.89. The predicted molar refractivity (Wildman–Crippen MR) is 65.9 cm³/mol. The molecule has 1 heterocycles. The zero-order valence-corrected chi connectivity index (χ0v) is 10.0. The largest absolute Gasteiger partial charge is 0.347 e. The van der Waals surface area contributed by atoms with Crippen molar-refractivity contribution in [3.63, 3.8) is 0 Å². The Balaban J connectivity index is 2.17. The molecule has 0 aliphatic heterocycles. The SMILES string of the molecule is Cc1cccc(-c2noc(C(=O)NCCN)n2)c1. The van der Waals surface area contributed by atoms with E-state index < -0.39 is 5.91 Å². The van der Waals surface area contributed by atoms with Gasteiger partial charge in [0, 0.05) is 18.7 Å². The second-order valence-electron chi connectivity index (χ2n) is 3.84. The van der Waals surface area contributed by atoms with Crippen molar-refractivity contribution in [2.24, 2.45) is 5.73 Å². The Bertz CT molecular complexity index is 551. The quantitative estimate of drug-likeness (QED) is 0.829. The summed E-state index contributed by atoms with van der Waals surface area (Å²) in [5.74, 6) is -0.0663. The minimum absolute atomic E-state index is 0.0556. The molecule has 0 aliphatic rings. The number of aromatic nitrogens is 2. The molecule has 0 aliphatic carbocycles. The van der Waals surface area contributed by atoms with E-state index in [2.05, 4.69) is 15.5 Å². The van der Waals surface area contributed by atoms with Crippen LogP contribution in [-0.4, -0.2) is 29.1 Å². The van der Waals surface area contributed by atoms with Crippen LogP contribution in [0.25, 0.3) is 11.4 Å². The van der Waals surface area contributed by atoms with Gasteiger partial charge >= 0.3 is 11.8 Å². The van der Waals surface area contributed by atoms with Gasteiger partial charge in [-0.15, -0.1) is 0 Å². The zero-order valence-electron chi connectivity index (χ0n) is 10.0. The number of amides is 1. The average molecular weight is 246 g/mol. The maximum atomic E-state index is 11.6. The van der Waals surface area contributed by atoms with E-state index >= 15 is 0 Å². The molecule has 1 aromatic heterocycles. The van der Waals surface area contributed by atoms with Crippen molar-refractivity contribution in [1.29, 1.82) is 0 Å². The van der Waals surface area contributed by atoms with Crippen LogP contribution < -0.4 is 11.1 Å². The lowest BCUT2D eigenvalue weighted by molar-refractivity contribution is 0.0911. The number of carbonyl (C=O) groups excluding carboxylic acids is 1. The summed E-state index contributed by atoms with van der Waals surface area (Å²) in [7, 11) is 0. The van der Waals surface area contributed by atoms with Crippen molar-refractivity contribution in [2.45, 2.75) is 6.92 Å². The molecule has 18 heavy (non-hydrogen) atoms. The third kappa shape index (κ3) is 2.72. The summed E-state index contributed by atoms with van der Waals surface area (Å²) in [6.45, 7) is 2.71. The number of hydrogen-bond acceptors (Lipinski definition) is 5. The molecule has 0 saturated carbocycles. The third-order valence-electron chi connectivity index (χ3n) is 2.33. The van der Waals surface area contributed by atoms with Crippen LogP contribution in [0.2, 0.25) is 0 Å². The Morgan fingerprint density at radius 2 is 2.33 bits per heavy atom. The molecule has 0 radical (unpaired) electrons. The van der Waals surface area contributed by atoms with Gasteiger partial charge in [0.05, 0.1) is 0 Å². The molecular formula is C12H14N4O2. The summed E-state index contributed by atoms with van der Waals surface area (Å²) in [6.07, 6.45) is 0. The molecule has 0 fully saturated rings. The van der Waals surface area contributed by atoms with Crippen molar-refractivity contribution < 1.29 is 9.32 Å². The Morgan fingerprint density at radius 1 is 1.50 bits per heavy atom. The number of carbonyl (C=O) groups is 1. The van der Waals surface area contributed by atoms with Gasteiger partial charge < -0.3 is 15.6 Å². The first-order chi connectivity index (χ1) is 8.70. The lowest BCUT2D eigenvalue weighted by atomic mass is 10.1. The van der Waals surface area contributed by atoms with Crippen molar-refractivity contribution in [2.75, 3.05) is 13.1 Å². The van der Waals surface area contributed by atoms with Crippen LogP contribution in [0.1, 0.15) is 16.2 Å². The molecule has 2 aromatic rings. The van der Waals surface area contributed by atoms with Crippen LogP contribution >= 0.6 is 0 Å². The first-order valence-corrected chi connectivity index (χ1v) is 5.59. The van der Waals surface area contributed by atoms with Crippen LogP contribution in [0, 0.1) is 6.92 Å². The lowest BCUT2D eigenvalue weighted by Crippen LogP contribution is -2.29. The number of benzene rings is 1. The molecule has 0 bridgehead atoms. The van der Waals surface area contributed by atoms with Gasteiger partial charge in [-0.05, 0) is 13.0 Å². The highest BCUT2D eigenvalue weighted by Gasteiger charge is 2.15.